The summed E-state index contributed by atoms with van der Waals surface area (Å²) in [6, 6.07) is 7.62. The van der Waals surface area contributed by atoms with Crippen LogP contribution >= 0.6 is 0 Å². The molecule has 0 radical (unpaired) electrons. The normalized spacial score (nSPS) is 20.8. The molecule has 0 saturated carbocycles. The number of nitrogens with zero attached hydrogens (tertiary/aromatic N) is 1. The first-order valence-electron chi connectivity index (χ1n) is 6.85. The third-order valence-corrected chi connectivity index (χ3v) is 3.75. The van der Waals surface area contributed by atoms with Gasteiger partial charge in [0.1, 0.15) is 5.82 Å². The van der Waals surface area contributed by atoms with Crippen molar-refractivity contribution < 1.29 is 4.39 Å². The standard InChI is InChI=1S/C15H23FN2/c1-12(2)18-8-7-13(11-18)9-17-10-14-5-3-4-6-15(14)16/h3-6,12-13,17H,7-11H2,1-2H3. The maximum absolute atomic E-state index is 13.4. The second-order valence-corrected chi connectivity index (χ2v) is 5.47. The number of benzene rings is 1. The van der Waals surface area contributed by atoms with Gasteiger partial charge in [-0.15, -0.1) is 0 Å². The van der Waals surface area contributed by atoms with Crippen LogP contribution in [0.25, 0.3) is 0 Å². The summed E-state index contributed by atoms with van der Waals surface area (Å²) >= 11 is 0. The molecular weight excluding hydrogens is 227 g/mol. The first-order chi connectivity index (χ1) is 8.66. The van der Waals surface area contributed by atoms with E-state index in [0.717, 1.165) is 12.1 Å². The van der Waals surface area contributed by atoms with Gasteiger partial charge >= 0.3 is 0 Å². The molecule has 1 N–H and O–H groups in total. The van der Waals surface area contributed by atoms with Gasteiger partial charge in [0.15, 0.2) is 0 Å². The molecule has 0 aromatic heterocycles. The zero-order valence-corrected chi connectivity index (χ0v) is 11.3. The minimum atomic E-state index is -0.111. The maximum Gasteiger partial charge on any atom is 0.127 e. The van der Waals surface area contributed by atoms with Gasteiger partial charge in [-0.25, -0.2) is 4.39 Å². The molecule has 1 atom stereocenters. The van der Waals surface area contributed by atoms with Gasteiger partial charge in [-0.1, -0.05) is 18.2 Å². The Hall–Kier alpha value is -0.930. The van der Waals surface area contributed by atoms with E-state index in [0.29, 0.717) is 18.5 Å². The molecule has 1 heterocycles. The zero-order valence-electron chi connectivity index (χ0n) is 11.3. The van der Waals surface area contributed by atoms with Crippen molar-refractivity contribution in [2.75, 3.05) is 19.6 Å². The summed E-state index contributed by atoms with van der Waals surface area (Å²) in [5.74, 6) is 0.597. The Labute approximate surface area is 109 Å². The van der Waals surface area contributed by atoms with Gasteiger partial charge in [-0.05, 0) is 45.3 Å². The Morgan fingerprint density at radius 1 is 1.39 bits per heavy atom. The number of hydrogen-bond acceptors (Lipinski definition) is 2. The fourth-order valence-electron chi connectivity index (χ4n) is 2.55. The minimum absolute atomic E-state index is 0.111. The highest BCUT2D eigenvalue weighted by atomic mass is 19.1. The lowest BCUT2D eigenvalue weighted by Gasteiger charge is -2.20. The molecule has 100 valence electrons. The quantitative estimate of drug-likeness (QED) is 0.864. The van der Waals surface area contributed by atoms with Crippen molar-refractivity contribution in [2.45, 2.75) is 32.9 Å². The minimum Gasteiger partial charge on any atom is -0.312 e. The van der Waals surface area contributed by atoms with Crippen LogP contribution in [0.2, 0.25) is 0 Å². The van der Waals surface area contributed by atoms with E-state index >= 15 is 0 Å². The van der Waals surface area contributed by atoms with Crippen LogP contribution in [-0.2, 0) is 6.54 Å². The van der Waals surface area contributed by atoms with Crippen molar-refractivity contribution in [1.82, 2.24) is 10.2 Å². The molecule has 2 nitrogen and oxygen atoms in total. The van der Waals surface area contributed by atoms with E-state index in [-0.39, 0.29) is 5.82 Å². The summed E-state index contributed by atoms with van der Waals surface area (Å²) in [7, 11) is 0. The Balaban J connectivity index is 1.72. The summed E-state index contributed by atoms with van der Waals surface area (Å²) in [6.07, 6.45) is 1.25. The fraction of sp³-hybridized carbons (Fsp3) is 0.600. The molecular formula is C15H23FN2. The topological polar surface area (TPSA) is 15.3 Å². The summed E-state index contributed by atoms with van der Waals surface area (Å²) < 4.78 is 13.4. The average Bonchev–Trinajstić information content (AvgIpc) is 2.80. The van der Waals surface area contributed by atoms with Crippen LogP contribution in [0.15, 0.2) is 24.3 Å². The predicted molar refractivity (Wildman–Crippen MR) is 72.9 cm³/mol. The van der Waals surface area contributed by atoms with Gasteiger partial charge < -0.3 is 10.2 Å². The van der Waals surface area contributed by atoms with Crippen LogP contribution in [0.5, 0.6) is 0 Å². The predicted octanol–water partition coefficient (Wildman–Crippen LogP) is 2.65. The monoisotopic (exact) mass is 250 g/mol. The SMILES string of the molecule is CC(C)N1CCC(CNCc2ccccc2F)C1. The lowest BCUT2D eigenvalue weighted by atomic mass is 10.1. The molecule has 1 fully saturated rings. The summed E-state index contributed by atoms with van der Waals surface area (Å²) in [5, 5.41) is 3.38. The Morgan fingerprint density at radius 3 is 2.83 bits per heavy atom. The van der Waals surface area contributed by atoms with E-state index in [2.05, 4.69) is 24.1 Å². The van der Waals surface area contributed by atoms with E-state index in [1.165, 1.54) is 25.6 Å². The molecule has 1 saturated heterocycles. The average molecular weight is 250 g/mol. The first-order valence-corrected chi connectivity index (χ1v) is 6.85. The highest BCUT2D eigenvalue weighted by molar-refractivity contribution is 5.16. The molecule has 18 heavy (non-hydrogen) atoms. The Morgan fingerprint density at radius 2 is 2.17 bits per heavy atom. The number of nitrogens with one attached hydrogen (secondary N) is 1. The van der Waals surface area contributed by atoms with Gasteiger partial charge in [0.05, 0.1) is 0 Å². The van der Waals surface area contributed by atoms with Crippen molar-refractivity contribution in [3.8, 4) is 0 Å². The summed E-state index contributed by atoms with van der Waals surface area (Å²) in [4.78, 5) is 2.51. The van der Waals surface area contributed by atoms with Gasteiger partial charge in [0, 0.05) is 24.7 Å². The van der Waals surface area contributed by atoms with E-state index in [1.54, 1.807) is 6.07 Å². The van der Waals surface area contributed by atoms with Gasteiger partial charge in [0.25, 0.3) is 0 Å². The number of hydrogen-bond donors (Lipinski definition) is 1. The molecule has 0 aliphatic carbocycles. The maximum atomic E-state index is 13.4. The Kier molecular flexibility index (Phi) is 4.72. The van der Waals surface area contributed by atoms with E-state index in [4.69, 9.17) is 0 Å². The molecule has 3 heteroatoms. The largest absolute Gasteiger partial charge is 0.312 e. The summed E-state index contributed by atoms with van der Waals surface area (Å²) in [6.45, 7) is 8.47. The molecule has 0 spiro atoms. The van der Waals surface area contributed by atoms with Gasteiger partial charge in [-0.3, -0.25) is 0 Å². The Bertz CT molecular complexity index is 379. The zero-order chi connectivity index (χ0) is 13.0. The smallest absolute Gasteiger partial charge is 0.127 e. The molecule has 1 aliphatic heterocycles. The third-order valence-electron chi connectivity index (χ3n) is 3.75. The highest BCUT2D eigenvalue weighted by Gasteiger charge is 2.23. The first kappa shape index (κ1) is 13.5. The molecule has 0 bridgehead atoms. The van der Waals surface area contributed by atoms with Crippen molar-refractivity contribution in [2.24, 2.45) is 5.92 Å². The van der Waals surface area contributed by atoms with Crippen LogP contribution in [-0.4, -0.2) is 30.6 Å². The van der Waals surface area contributed by atoms with Crippen LogP contribution in [0.3, 0.4) is 0 Å². The summed E-state index contributed by atoms with van der Waals surface area (Å²) in [5.41, 5.74) is 0.760. The highest BCUT2D eigenvalue weighted by Crippen LogP contribution is 2.17. The fourth-order valence-corrected chi connectivity index (χ4v) is 2.55. The van der Waals surface area contributed by atoms with Crippen molar-refractivity contribution >= 4 is 0 Å². The lowest BCUT2D eigenvalue weighted by Crippen LogP contribution is -2.30. The van der Waals surface area contributed by atoms with Crippen LogP contribution in [0.4, 0.5) is 4.39 Å². The second-order valence-electron chi connectivity index (χ2n) is 5.47. The van der Waals surface area contributed by atoms with Gasteiger partial charge in [0.2, 0.25) is 0 Å². The van der Waals surface area contributed by atoms with Crippen molar-refractivity contribution in [1.29, 1.82) is 0 Å². The number of likely N-dealkylation sites (tertiary alicyclic amines) is 1. The third kappa shape index (κ3) is 3.53. The number of rotatable bonds is 5. The molecule has 0 amide bonds. The van der Waals surface area contributed by atoms with E-state index < -0.39 is 0 Å². The van der Waals surface area contributed by atoms with Gasteiger partial charge in [-0.2, -0.15) is 0 Å². The molecule has 1 aromatic rings. The van der Waals surface area contributed by atoms with Crippen molar-refractivity contribution in [3.63, 3.8) is 0 Å². The van der Waals surface area contributed by atoms with E-state index in [9.17, 15) is 4.39 Å². The van der Waals surface area contributed by atoms with Crippen LogP contribution in [0, 0.1) is 11.7 Å². The van der Waals surface area contributed by atoms with Crippen molar-refractivity contribution in [3.05, 3.63) is 35.6 Å². The van der Waals surface area contributed by atoms with Crippen LogP contribution in [0.1, 0.15) is 25.8 Å². The number of halogens is 1. The molecule has 1 aliphatic rings. The molecule has 2 rings (SSSR count). The molecule has 1 unspecified atom stereocenters. The van der Waals surface area contributed by atoms with E-state index in [1.807, 2.05) is 12.1 Å². The van der Waals surface area contributed by atoms with Crippen LogP contribution < -0.4 is 5.32 Å². The lowest BCUT2D eigenvalue weighted by molar-refractivity contribution is 0.264. The second kappa shape index (κ2) is 6.30. The molecule has 1 aromatic carbocycles.